The Balaban J connectivity index is 2.16. The Hall–Kier alpha value is -6.09. The molecule has 0 aliphatic carbocycles. The van der Waals surface area contributed by atoms with Gasteiger partial charge < -0.3 is 79.1 Å². The van der Waals surface area contributed by atoms with E-state index in [0.717, 1.165) is 4.90 Å². The fourth-order valence-electron chi connectivity index (χ4n) is 6.83. The van der Waals surface area contributed by atoms with Crippen LogP contribution in [0.4, 0.5) is 0 Å². The van der Waals surface area contributed by atoms with Crippen LogP contribution in [0.2, 0.25) is 0 Å². The third-order valence-corrected chi connectivity index (χ3v) is 11.2. The molecule has 0 radical (unpaired) electrons. The Morgan fingerprint density at radius 3 is 1.79 bits per heavy atom. The summed E-state index contributed by atoms with van der Waals surface area (Å²) in [7, 11) is 0. The zero-order chi connectivity index (χ0) is 51.4. The molecule has 2 rings (SSSR count). The highest BCUT2D eigenvalue weighted by Gasteiger charge is 2.41. The molecule has 1 saturated heterocycles. The summed E-state index contributed by atoms with van der Waals surface area (Å²) >= 11 is 4.17. The number of aliphatic hydroxyl groups is 2. The number of carboxylic acid groups (broad SMARTS) is 2. The first-order valence-corrected chi connectivity index (χ1v) is 22.6. The highest BCUT2D eigenvalue weighted by Crippen LogP contribution is 2.20. The molecule has 0 unspecified atom stereocenters. The molecule has 26 heteroatoms. The number of nitrogens with two attached hydrogens (primary N) is 2. The van der Waals surface area contributed by atoms with Gasteiger partial charge in [0.25, 0.3) is 0 Å². The highest BCUT2D eigenvalue weighted by molar-refractivity contribution is 7.80. The van der Waals surface area contributed by atoms with Gasteiger partial charge in [-0.1, -0.05) is 12.1 Å². The number of benzene rings is 1. The highest BCUT2D eigenvalue weighted by atomic mass is 32.1. The number of phenolic OH excluding ortho intramolecular Hbond substituents is 1. The summed E-state index contributed by atoms with van der Waals surface area (Å²) in [5.74, 6) is -10.2. The van der Waals surface area contributed by atoms with Crippen LogP contribution in [-0.2, 0) is 54.4 Å². The summed E-state index contributed by atoms with van der Waals surface area (Å²) in [5, 5.41) is 65.9. The van der Waals surface area contributed by atoms with E-state index < -0.39 is 132 Å². The molecule has 0 spiro atoms. The van der Waals surface area contributed by atoms with Gasteiger partial charge in [0, 0.05) is 25.1 Å². The van der Waals surface area contributed by atoms with Crippen molar-refractivity contribution in [1.29, 1.82) is 0 Å². The Morgan fingerprint density at radius 1 is 0.691 bits per heavy atom. The van der Waals surface area contributed by atoms with E-state index in [2.05, 4.69) is 49.8 Å². The quantitative estimate of drug-likeness (QED) is 0.0278. The average Bonchev–Trinajstić information content (AvgIpc) is 3.78. The van der Waals surface area contributed by atoms with Crippen molar-refractivity contribution in [1.82, 2.24) is 42.1 Å². The van der Waals surface area contributed by atoms with Crippen LogP contribution < -0.4 is 48.7 Å². The van der Waals surface area contributed by atoms with E-state index in [1.807, 2.05) is 0 Å². The lowest BCUT2D eigenvalue weighted by molar-refractivity contribution is -0.145. The van der Waals surface area contributed by atoms with E-state index in [1.165, 1.54) is 52.0 Å². The third kappa shape index (κ3) is 18.5. The molecule has 1 aliphatic rings. The maximum absolute atomic E-state index is 13.8. The number of hydrogen-bond acceptors (Lipinski definition) is 16. The van der Waals surface area contributed by atoms with Gasteiger partial charge in [-0.25, -0.2) is 4.79 Å². The molecule has 1 fully saturated rings. The lowest BCUT2D eigenvalue weighted by atomic mass is 10.0. The van der Waals surface area contributed by atoms with Gasteiger partial charge in [-0.15, -0.1) is 0 Å². The van der Waals surface area contributed by atoms with Crippen molar-refractivity contribution in [3.63, 3.8) is 0 Å². The predicted octanol–water partition coefficient (Wildman–Crippen LogP) is -4.54. The molecule has 0 saturated carbocycles. The van der Waals surface area contributed by atoms with Gasteiger partial charge in [0.2, 0.25) is 47.3 Å². The van der Waals surface area contributed by atoms with Gasteiger partial charge in [0.15, 0.2) is 0 Å². The maximum Gasteiger partial charge on any atom is 0.326 e. The number of nitrogens with zero attached hydrogens (tertiary/aromatic N) is 1. The summed E-state index contributed by atoms with van der Waals surface area (Å²) in [6.07, 6.45) is -2.44. The average molecular weight is 983 g/mol. The van der Waals surface area contributed by atoms with Crippen molar-refractivity contribution in [3.8, 4) is 5.75 Å². The zero-order valence-electron chi connectivity index (χ0n) is 38.3. The number of unbranched alkanes of at least 4 members (excludes halogenated alkanes) is 1. The van der Waals surface area contributed by atoms with Crippen LogP contribution in [-0.4, -0.2) is 175 Å². The number of aromatic hydroxyl groups is 1. The molecule has 0 bridgehead atoms. The van der Waals surface area contributed by atoms with Gasteiger partial charge in [-0.05, 0) is 90.5 Å². The molecule has 68 heavy (non-hydrogen) atoms. The number of likely N-dealkylation sites (tertiary alicyclic amines) is 1. The fraction of sp³-hybridized carbons (Fsp3) is 0.619. The molecular formula is C42H66N10O15S. The monoisotopic (exact) mass is 982 g/mol. The molecule has 16 N–H and O–H groups in total. The molecular weight excluding hydrogens is 917 g/mol. The number of aliphatic hydroxyl groups excluding tert-OH is 2. The number of thiol groups is 1. The standard InChI is InChI=1S/C42H66N10O15S/c1-20(34(58)47-27(42(66)67)8-5-6-16-43)46-39(63)30-9-7-17-52(30)41(65)33(23(4)54)51-35(59)21(2)45-38(62)29(19-68)49-37(61)28(18-24-10-12-25(55)13-11-24)48-40(64)32(22(3)53)50-36(60)26(44)14-15-31(56)57/h10-13,20-23,26-30,32-33,53-55,68H,5-9,14-19,43-44H2,1-4H3,(H,45,62)(H,46,63)(H,47,58)(H,48,64)(H,49,61)(H,50,60)(H,51,59)(H,56,57)(H,66,67)/t20-,21-,22+,23+,26-,27-,28-,29-,30-,32-,33-/m0/s1. The largest absolute Gasteiger partial charge is 0.508 e. The smallest absolute Gasteiger partial charge is 0.326 e. The minimum Gasteiger partial charge on any atom is -0.508 e. The van der Waals surface area contributed by atoms with Gasteiger partial charge in [-0.2, -0.15) is 12.6 Å². The van der Waals surface area contributed by atoms with Gasteiger partial charge in [-0.3, -0.25) is 43.2 Å². The van der Waals surface area contributed by atoms with Crippen LogP contribution >= 0.6 is 12.6 Å². The van der Waals surface area contributed by atoms with Crippen molar-refractivity contribution in [2.75, 3.05) is 18.8 Å². The fourth-order valence-corrected chi connectivity index (χ4v) is 7.09. The summed E-state index contributed by atoms with van der Waals surface area (Å²) in [5.41, 5.74) is 11.6. The number of carbonyl (C=O) groups is 10. The number of aliphatic carboxylic acids is 2. The van der Waals surface area contributed by atoms with E-state index in [-0.39, 0.29) is 43.7 Å². The van der Waals surface area contributed by atoms with Crippen LogP contribution in [0, 0.1) is 0 Å². The number of carboxylic acids is 2. The Bertz CT molecular complexity index is 1940. The summed E-state index contributed by atoms with van der Waals surface area (Å²) in [6, 6.07) is -7.07. The van der Waals surface area contributed by atoms with Gasteiger partial charge >= 0.3 is 11.9 Å². The summed E-state index contributed by atoms with van der Waals surface area (Å²) in [6.45, 7) is 5.34. The van der Waals surface area contributed by atoms with Crippen LogP contribution in [0.15, 0.2) is 24.3 Å². The van der Waals surface area contributed by atoms with Crippen LogP contribution in [0.25, 0.3) is 0 Å². The number of rotatable bonds is 28. The first-order chi connectivity index (χ1) is 31.9. The molecule has 1 aliphatic heterocycles. The van der Waals surface area contributed by atoms with Crippen molar-refractivity contribution in [3.05, 3.63) is 29.8 Å². The normalized spacial score (nSPS) is 17.8. The lowest BCUT2D eigenvalue weighted by Crippen LogP contribution is -2.62. The second-order valence-corrected chi connectivity index (χ2v) is 16.9. The molecule has 11 atom stereocenters. The topological polar surface area (TPSA) is 411 Å². The number of carbonyl (C=O) groups excluding carboxylic acids is 8. The van der Waals surface area contributed by atoms with E-state index in [1.54, 1.807) is 0 Å². The Morgan fingerprint density at radius 2 is 1.24 bits per heavy atom. The number of phenols is 1. The van der Waals surface area contributed by atoms with Gasteiger partial charge in [0.05, 0.1) is 18.2 Å². The SMILES string of the molecule is C[C@H](NC(=O)[C@H](CS)NC(=O)[C@H](Cc1ccc(O)cc1)NC(=O)[C@@H](NC(=O)[C@@H](N)CCC(=O)O)[C@@H](C)O)C(=O)N[C@H](C(=O)N1CCC[C@H]1C(=O)N[C@@H](C)C(=O)N[C@@H](CCCCN)C(=O)O)[C@@H](C)O. The summed E-state index contributed by atoms with van der Waals surface area (Å²) in [4.78, 5) is 131. The van der Waals surface area contributed by atoms with E-state index >= 15 is 0 Å². The number of nitrogens with one attached hydrogen (secondary N) is 7. The first kappa shape index (κ1) is 58.0. The minimum absolute atomic E-state index is 0.0414. The van der Waals surface area contributed by atoms with E-state index in [0.29, 0.717) is 31.4 Å². The Kier molecular flexibility index (Phi) is 24.1. The predicted molar refractivity (Wildman–Crippen MR) is 244 cm³/mol. The molecule has 1 aromatic carbocycles. The zero-order valence-corrected chi connectivity index (χ0v) is 39.2. The van der Waals surface area contributed by atoms with E-state index in [9.17, 15) is 68.4 Å². The second kappa shape index (κ2) is 28.3. The van der Waals surface area contributed by atoms with Crippen LogP contribution in [0.5, 0.6) is 5.75 Å². The van der Waals surface area contributed by atoms with Crippen molar-refractivity contribution < 1.29 is 73.5 Å². The minimum atomic E-state index is -1.68. The van der Waals surface area contributed by atoms with Crippen molar-refractivity contribution in [2.24, 2.45) is 11.5 Å². The molecule has 1 heterocycles. The maximum atomic E-state index is 13.8. The van der Waals surface area contributed by atoms with Gasteiger partial charge in [0.1, 0.15) is 54.1 Å². The van der Waals surface area contributed by atoms with E-state index in [4.69, 9.17) is 16.6 Å². The molecule has 8 amide bonds. The van der Waals surface area contributed by atoms with Crippen molar-refractivity contribution in [2.45, 2.75) is 146 Å². The second-order valence-electron chi connectivity index (χ2n) is 16.5. The van der Waals surface area contributed by atoms with Crippen molar-refractivity contribution >= 4 is 71.8 Å². The summed E-state index contributed by atoms with van der Waals surface area (Å²) < 4.78 is 0. The van der Waals surface area contributed by atoms with Crippen LogP contribution in [0.3, 0.4) is 0 Å². The molecule has 1 aromatic rings. The number of amides is 8. The third-order valence-electron chi connectivity index (χ3n) is 10.8. The number of hydrogen-bond donors (Lipinski definition) is 15. The Labute approximate surface area is 398 Å². The first-order valence-electron chi connectivity index (χ1n) is 22.0. The molecule has 25 nitrogen and oxygen atoms in total. The molecule has 380 valence electrons. The lowest BCUT2D eigenvalue weighted by Gasteiger charge is -2.31. The molecule has 0 aromatic heterocycles. The van der Waals surface area contributed by atoms with Crippen LogP contribution in [0.1, 0.15) is 78.2 Å².